The third-order valence-electron chi connectivity index (χ3n) is 2.89. The van der Waals surface area contributed by atoms with E-state index in [1.165, 1.54) is 0 Å². The highest BCUT2D eigenvalue weighted by atomic mass is 35.5. The van der Waals surface area contributed by atoms with Gasteiger partial charge in [0.1, 0.15) is 16.5 Å². The zero-order valence-electron chi connectivity index (χ0n) is 11.0. The maximum Gasteiger partial charge on any atom is 0.244 e. The molecule has 0 saturated heterocycles. The van der Waals surface area contributed by atoms with Gasteiger partial charge in [-0.2, -0.15) is 0 Å². The van der Waals surface area contributed by atoms with Crippen LogP contribution in [-0.4, -0.2) is 8.42 Å². The molecule has 3 nitrogen and oxygen atoms in total. The van der Waals surface area contributed by atoms with Gasteiger partial charge in [0, 0.05) is 17.1 Å². The Morgan fingerprint density at radius 1 is 1.14 bits per heavy atom. The minimum atomic E-state index is -4.12. The molecule has 1 atom stereocenters. The van der Waals surface area contributed by atoms with Crippen molar-refractivity contribution in [2.45, 2.75) is 17.9 Å². The Balaban J connectivity index is 2.31. The lowest BCUT2D eigenvalue weighted by Gasteiger charge is -2.16. The molecule has 0 saturated carbocycles. The standard InChI is InChI=1S/C14H12ClF2NO2S/c1-9(11-4-2-3-5-12(11)15)18-21(19,20)14-7-6-10(16)8-13(14)17/h2-9,18H,1H3. The number of rotatable bonds is 4. The van der Waals surface area contributed by atoms with Gasteiger partial charge in [-0.3, -0.25) is 0 Å². The predicted molar refractivity (Wildman–Crippen MR) is 76.5 cm³/mol. The first-order valence-electron chi connectivity index (χ1n) is 6.03. The van der Waals surface area contributed by atoms with Gasteiger partial charge in [-0.15, -0.1) is 0 Å². The van der Waals surface area contributed by atoms with E-state index in [2.05, 4.69) is 4.72 Å². The highest BCUT2D eigenvalue weighted by Gasteiger charge is 2.23. The van der Waals surface area contributed by atoms with Crippen molar-refractivity contribution in [1.29, 1.82) is 0 Å². The molecule has 0 aromatic heterocycles. The van der Waals surface area contributed by atoms with E-state index in [0.717, 1.165) is 12.1 Å². The van der Waals surface area contributed by atoms with Crippen molar-refractivity contribution in [3.63, 3.8) is 0 Å². The molecule has 0 bridgehead atoms. The second-order valence-corrected chi connectivity index (χ2v) is 6.53. The van der Waals surface area contributed by atoms with Crippen LogP contribution in [0.5, 0.6) is 0 Å². The molecule has 0 aliphatic carbocycles. The summed E-state index contributed by atoms with van der Waals surface area (Å²) in [5.74, 6) is -1.99. The van der Waals surface area contributed by atoms with Crippen LogP contribution in [0.3, 0.4) is 0 Å². The Bertz CT molecular complexity index is 765. The van der Waals surface area contributed by atoms with Crippen molar-refractivity contribution in [3.05, 3.63) is 64.7 Å². The van der Waals surface area contributed by atoms with Gasteiger partial charge in [-0.1, -0.05) is 29.8 Å². The van der Waals surface area contributed by atoms with E-state index < -0.39 is 32.6 Å². The van der Waals surface area contributed by atoms with Crippen LogP contribution in [0, 0.1) is 11.6 Å². The van der Waals surface area contributed by atoms with E-state index >= 15 is 0 Å². The van der Waals surface area contributed by atoms with E-state index in [-0.39, 0.29) is 0 Å². The Kier molecular flexibility index (Phi) is 4.61. The molecule has 112 valence electrons. The fraction of sp³-hybridized carbons (Fsp3) is 0.143. The quantitative estimate of drug-likeness (QED) is 0.929. The molecule has 1 N–H and O–H groups in total. The van der Waals surface area contributed by atoms with Crippen molar-refractivity contribution < 1.29 is 17.2 Å². The van der Waals surface area contributed by atoms with Crippen LogP contribution in [0.2, 0.25) is 5.02 Å². The summed E-state index contributed by atoms with van der Waals surface area (Å²) < 4.78 is 53.0. The van der Waals surface area contributed by atoms with Crippen molar-refractivity contribution in [1.82, 2.24) is 4.72 Å². The number of sulfonamides is 1. The van der Waals surface area contributed by atoms with Crippen LogP contribution in [0.1, 0.15) is 18.5 Å². The van der Waals surface area contributed by atoms with Crippen LogP contribution in [0.25, 0.3) is 0 Å². The first-order valence-corrected chi connectivity index (χ1v) is 7.89. The molecular weight excluding hydrogens is 320 g/mol. The molecule has 0 radical (unpaired) electrons. The first kappa shape index (κ1) is 15.9. The summed E-state index contributed by atoms with van der Waals surface area (Å²) in [5.41, 5.74) is 0.560. The van der Waals surface area contributed by atoms with Gasteiger partial charge in [0.25, 0.3) is 0 Å². The Labute approximate surface area is 126 Å². The molecule has 2 aromatic carbocycles. The van der Waals surface area contributed by atoms with E-state index in [0.29, 0.717) is 16.7 Å². The maximum atomic E-state index is 13.6. The van der Waals surface area contributed by atoms with Gasteiger partial charge in [-0.05, 0) is 30.7 Å². The molecular formula is C14H12ClF2NO2S. The number of nitrogens with one attached hydrogen (secondary N) is 1. The molecule has 7 heteroatoms. The van der Waals surface area contributed by atoms with Gasteiger partial charge >= 0.3 is 0 Å². The van der Waals surface area contributed by atoms with Crippen LogP contribution in [0.4, 0.5) is 8.78 Å². The van der Waals surface area contributed by atoms with Crippen molar-refractivity contribution in [3.8, 4) is 0 Å². The highest BCUT2D eigenvalue weighted by molar-refractivity contribution is 7.89. The normalized spacial score (nSPS) is 13.1. The second kappa shape index (κ2) is 6.09. The molecule has 2 rings (SSSR count). The molecule has 21 heavy (non-hydrogen) atoms. The number of benzene rings is 2. The highest BCUT2D eigenvalue weighted by Crippen LogP contribution is 2.24. The lowest BCUT2D eigenvalue weighted by atomic mass is 10.1. The van der Waals surface area contributed by atoms with Crippen LogP contribution in [-0.2, 0) is 10.0 Å². The smallest absolute Gasteiger partial charge is 0.207 e. The summed E-state index contributed by atoms with van der Waals surface area (Å²) in [7, 11) is -4.12. The van der Waals surface area contributed by atoms with Gasteiger partial charge in [0.15, 0.2) is 0 Å². The average Bonchev–Trinajstić information content (AvgIpc) is 2.37. The third-order valence-corrected chi connectivity index (χ3v) is 4.81. The zero-order chi connectivity index (χ0) is 15.6. The SMILES string of the molecule is CC(NS(=O)(=O)c1ccc(F)cc1F)c1ccccc1Cl. The average molecular weight is 332 g/mol. The van der Waals surface area contributed by atoms with Crippen LogP contribution < -0.4 is 4.72 Å². The number of hydrogen-bond donors (Lipinski definition) is 1. The van der Waals surface area contributed by atoms with E-state index in [9.17, 15) is 17.2 Å². The molecule has 0 spiro atoms. The molecule has 2 aromatic rings. The van der Waals surface area contributed by atoms with E-state index in [1.54, 1.807) is 31.2 Å². The molecule has 0 fully saturated rings. The predicted octanol–water partition coefficient (Wildman–Crippen LogP) is 3.66. The molecule has 0 heterocycles. The van der Waals surface area contributed by atoms with Gasteiger partial charge in [0.05, 0.1) is 0 Å². The first-order chi connectivity index (χ1) is 9.81. The summed E-state index contributed by atoms with van der Waals surface area (Å²) in [6.07, 6.45) is 0. The number of halogens is 3. The van der Waals surface area contributed by atoms with E-state index in [4.69, 9.17) is 11.6 Å². The fourth-order valence-corrected chi connectivity index (χ4v) is 3.46. The Morgan fingerprint density at radius 2 is 1.81 bits per heavy atom. The van der Waals surface area contributed by atoms with Gasteiger partial charge in [-0.25, -0.2) is 21.9 Å². The van der Waals surface area contributed by atoms with Crippen LogP contribution >= 0.6 is 11.6 Å². The lowest BCUT2D eigenvalue weighted by molar-refractivity contribution is 0.536. The van der Waals surface area contributed by atoms with Crippen molar-refractivity contribution in [2.24, 2.45) is 0 Å². The molecule has 0 aliphatic heterocycles. The zero-order valence-corrected chi connectivity index (χ0v) is 12.5. The summed E-state index contributed by atoms with van der Waals surface area (Å²) in [6, 6.07) is 8.35. The molecule has 0 aliphatic rings. The summed E-state index contributed by atoms with van der Waals surface area (Å²) >= 11 is 5.99. The van der Waals surface area contributed by atoms with E-state index in [1.807, 2.05) is 0 Å². The molecule has 0 amide bonds. The molecule has 1 unspecified atom stereocenters. The minimum absolute atomic E-state index is 0.396. The van der Waals surface area contributed by atoms with Gasteiger partial charge in [0.2, 0.25) is 10.0 Å². The summed E-state index contributed by atoms with van der Waals surface area (Å²) in [5, 5.41) is 0.396. The fourth-order valence-electron chi connectivity index (χ4n) is 1.88. The topological polar surface area (TPSA) is 46.2 Å². The van der Waals surface area contributed by atoms with Crippen molar-refractivity contribution in [2.75, 3.05) is 0 Å². The second-order valence-electron chi connectivity index (χ2n) is 4.44. The van der Waals surface area contributed by atoms with Crippen molar-refractivity contribution >= 4 is 21.6 Å². The third kappa shape index (κ3) is 3.58. The number of hydrogen-bond acceptors (Lipinski definition) is 2. The lowest BCUT2D eigenvalue weighted by Crippen LogP contribution is -2.27. The van der Waals surface area contributed by atoms with Gasteiger partial charge < -0.3 is 0 Å². The maximum absolute atomic E-state index is 13.6. The monoisotopic (exact) mass is 331 g/mol. The largest absolute Gasteiger partial charge is 0.244 e. The summed E-state index contributed by atoms with van der Waals surface area (Å²) in [6.45, 7) is 1.58. The summed E-state index contributed by atoms with van der Waals surface area (Å²) in [4.78, 5) is -0.609. The Hall–Kier alpha value is -1.50. The minimum Gasteiger partial charge on any atom is -0.207 e. The van der Waals surface area contributed by atoms with Crippen LogP contribution in [0.15, 0.2) is 47.4 Å². The Morgan fingerprint density at radius 3 is 2.43 bits per heavy atom.